The zero-order valence-electron chi connectivity index (χ0n) is 14.4. The molecule has 0 radical (unpaired) electrons. The number of carbonyl (C=O) groups is 2. The van der Waals surface area contributed by atoms with Crippen molar-refractivity contribution in [2.24, 2.45) is 5.41 Å². The molecule has 2 N–H and O–H groups in total. The molecule has 2 heterocycles. The first kappa shape index (κ1) is 16.8. The summed E-state index contributed by atoms with van der Waals surface area (Å²) in [5, 5.41) is 12.1. The quantitative estimate of drug-likeness (QED) is 0.707. The maximum absolute atomic E-state index is 12.4. The van der Waals surface area contributed by atoms with Gasteiger partial charge in [-0.2, -0.15) is 0 Å². The summed E-state index contributed by atoms with van der Waals surface area (Å²) < 4.78 is 1.82. The van der Waals surface area contributed by atoms with E-state index in [0.717, 1.165) is 5.52 Å². The molecule has 0 bridgehead atoms. The lowest BCUT2D eigenvalue weighted by molar-refractivity contribution is 0.0858. The third kappa shape index (κ3) is 3.55. The van der Waals surface area contributed by atoms with E-state index >= 15 is 0 Å². The van der Waals surface area contributed by atoms with Gasteiger partial charge in [-0.3, -0.25) is 9.59 Å². The highest BCUT2D eigenvalue weighted by molar-refractivity contribution is 6.04. The van der Waals surface area contributed by atoms with Gasteiger partial charge in [0.2, 0.25) is 0 Å². The average molecular weight is 336 g/mol. The first-order valence-electron chi connectivity index (χ1n) is 8.01. The van der Waals surface area contributed by atoms with Crippen LogP contribution in [0.1, 0.15) is 41.5 Å². The topological polar surface area (TPSA) is 70.8 Å². The summed E-state index contributed by atoms with van der Waals surface area (Å²) in [7, 11) is 0. The molecule has 1 aromatic carbocycles. The Bertz CT molecular complexity index is 947. The van der Waals surface area contributed by atoms with E-state index in [1.54, 1.807) is 30.6 Å². The van der Waals surface area contributed by atoms with Crippen LogP contribution in [0.25, 0.3) is 5.52 Å². The zero-order chi connectivity index (χ0) is 18.2. The summed E-state index contributed by atoms with van der Waals surface area (Å²) in [6, 6.07) is 11.5. The molecule has 0 spiro atoms. The number of benzene rings is 1. The molecule has 3 rings (SSSR count). The molecule has 5 heteroatoms. The molecular weight excluding hydrogens is 316 g/mol. The number of rotatable bonds is 3. The smallest absolute Gasteiger partial charge is 0.255 e. The maximum Gasteiger partial charge on any atom is 0.255 e. The Morgan fingerprint density at radius 2 is 1.64 bits per heavy atom. The molecule has 0 fully saturated rings. The van der Waals surface area contributed by atoms with E-state index in [4.69, 9.17) is 0 Å². The van der Waals surface area contributed by atoms with Gasteiger partial charge in [-0.15, -0.1) is 0 Å². The number of nitrogens with zero attached hydrogens (tertiary/aromatic N) is 1. The average Bonchev–Trinajstić information content (AvgIpc) is 2.96. The number of hydrogen-bond donors (Lipinski definition) is 2. The van der Waals surface area contributed by atoms with E-state index in [1.165, 1.54) is 12.1 Å². The van der Waals surface area contributed by atoms with Gasteiger partial charge in [0.25, 0.3) is 5.91 Å². The van der Waals surface area contributed by atoms with Crippen LogP contribution in [-0.4, -0.2) is 21.2 Å². The number of anilines is 1. The van der Waals surface area contributed by atoms with Crippen molar-refractivity contribution in [3.63, 3.8) is 0 Å². The van der Waals surface area contributed by atoms with Gasteiger partial charge in [0.15, 0.2) is 5.78 Å². The van der Waals surface area contributed by atoms with Crippen LogP contribution in [0.3, 0.4) is 0 Å². The summed E-state index contributed by atoms with van der Waals surface area (Å²) in [5.41, 5.74) is 2.16. The number of aromatic nitrogens is 1. The van der Waals surface area contributed by atoms with Gasteiger partial charge in [-0.05, 0) is 42.5 Å². The maximum atomic E-state index is 12.4. The lowest BCUT2D eigenvalue weighted by atomic mass is 9.87. The van der Waals surface area contributed by atoms with Crippen LogP contribution >= 0.6 is 0 Å². The van der Waals surface area contributed by atoms with Crippen LogP contribution in [0, 0.1) is 5.41 Å². The van der Waals surface area contributed by atoms with Crippen LogP contribution in [0.5, 0.6) is 5.75 Å². The van der Waals surface area contributed by atoms with Gasteiger partial charge in [0, 0.05) is 34.5 Å². The van der Waals surface area contributed by atoms with Crippen molar-refractivity contribution >= 4 is 22.9 Å². The number of Topliss-reactive ketones (excluding diaryl/α,β-unsaturated/α-hetero) is 1. The monoisotopic (exact) mass is 336 g/mol. The minimum atomic E-state index is -0.444. The molecule has 2 aromatic heterocycles. The van der Waals surface area contributed by atoms with Crippen molar-refractivity contribution in [2.45, 2.75) is 20.8 Å². The standard InChI is InChI=1S/C20H20N2O3/c1-20(2,3)18(24)14-10-16-7-6-15(12-22(16)11-14)21-19(25)13-4-8-17(23)9-5-13/h4-12,23H,1-3H3,(H,21,25). The molecule has 5 nitrogen and oxygen atoms in total. The van der Waals surface area contributed by atoms with Crippen molar-refractivity contribution in [2.75, 3.05) is 5.32 Å². The van der Waals surface area contributed by atoms with E-state index in [9.17, 15) is 14.7 Å². The number of phenols is 1. The van der Waals surface area contributed by atoms with Crippen LogP contribution in [0.2, 0.25) is 0 Å². The van der Waals surface area contributed by atoms with E-state index in [1.807, 2.05) is 37.3 Å². The first-order chi connectivity index (χ1) is 11.7. The highest BCUT2D eigenvalue weighted by Gasteiger charge is 2.23. The Balaban J connectivity index is 1.85. The largest absolute Gasteiger partial charge is 0.508 e. The zero-order valence-corrected chi connectivity index (χ0v) is 14.4. The second kappa shape index (κ2) is 6.09. The molecule has 0 aliphatic carbocycles. The summed E-state index contributed by atoms with van der Waals surface area (Å²) in [6.45, 7) is 5.67. The van der Waals surface area contributed by atoms with Gasteiger partial charge < -0.3 is 14.8 Å². The fraction of sp³-hybridized carbons (Fsp3) is 0.200. The third-order valence-electron chi connectivity index (χ3n) is 3.92. The lowest BCUT2D eigenvalue weighted by Gasteiger charge is -2.14. The van der Waals surface area contributed by atoms with E-state index < -0.39 is 5.41 Å². The summed E-state index contributed by atoms with van der Waals surface area (Å²) >= 11 is 0. The predicted octanol–water partition coefficient (Wildman–Crippen LogP) is 4.13. The number of aromatic hydroxyl groups is 1. The van der Waals surface area contributed by atoms with Crippen LogP contribution in [0.4, 0.5) is 5.69 Å². The van der Waals surface area contributed by atoms with Crippen molar-refractivity contribution in [1.29, 1.82) is 0 Å². The highest BCUT2D eigenvalue weighted by atomic mass is 16.3. The number of carbonyl (C=O) groups excluding carboxylic acids is 2. The molecule has 0 atom stereocenters. The fourth-order valence-corrected chi connectivity index (χ4v) is 2.56. The normalized spacial score (nSPS) is 11.5. The van der Waals surface area contributed by atoms with Crippen LogP contribution in [0.15, 0.2) is 54.9 Å². The van der Waals surface area contributed by atoms with Gasteiger partial charge in [-0.25, -0.2) is 0 Å². The van der Waals surface area contributed by atoms with Crippen LogP contribution in [-0.2, 0) is 0 Å². The molecule has 0 unspecified atom stereocenters. The first-order valence-corrected chi connectivity index (χ1v) is 8.01. The Labute approximate surface area is 145 Å². The van der Waals surface area contributed by atoms with Crippen molar-refractivity contribution < 1.29 is 14.7 Å². The van der Waals surface area contributed by atoms with E-state index in [-0.39, 0.29) is 17.4 Å². The van der Waals surface area contributed by atoms with Gasteiger partial charge in [-0.1, -0.05) is 20.8 Å². The molecule has 1 amide bonds. The predicted molar refractivity (Wildman–Crippen MR) is 97.2 cm³/mol. The SMILES string of the molecule is CC(C)(C)C(=O)c1cc2ccc(NC(=O)c3ccc(O)cc3)cn2c1. The summed E-state index contributed by atoms with van der Waals surface area (Å²) in [5.74, 6) is -0.0790. The van der Waals surface area contributed by atoms with Crippen molar-refractivity contribution in [3.05, 3.63) is 66.0 Å². The Morgan fingerprint density at radius 1 is 0.960 bits per heavy atom. The molecule has 0 saturated heterocycles. The molecule has 25 heavy (non-hydrogen) atoms. The van der Waals surface area contributed by atoms with Crippen molar-refractivity contribution in [3.8, 4) is 5.75 Å². The second-order valence-electron chi connectivity index (χ2n) is 7.06. The number of nitrogens with one attached hydrogen (secondary N) is 1. The van der Waals surface area contributed by atoms with Crippen molar-refractivity contribution in [1.82, 2.24) is 4.40 Å². The highest BCUT2D eigenvalue weighted by Crippen LogP contribution is 2.23. The second-order valence-corrected chi connectivity index (χ2v) is 7.06. The van der Waals surface area contributed by atoms with Gasteiger partial charge >= 0.3 is 0 Å². The van der Waals surface area contributed by atoms with Gasteiger partial charge in [0.05, 0.1) is 5.69 Å². The minimum Gasteiger partial charge on any atom is -0.508 e. The number of fused-ring (bicyclic) bond motifs is 1. The summed E-state index contributed by atoms with van der Waals surface area (Å²) in [4.78, 5) is 24.7. The molecule has 0 aliphatic rings. The Kier molecular flexibility index (Phi) is 4.08. The third-order valence-corrected chi connectivity index (χ3v) is 3.92. The number of amides is 1. The summed E-state index contributed by atoms with van der Waals surface area (Å²) in [6.07, 6.45) is 3.55. The number of pyridine rings is 1. The number of hydrogen-bond acceptors (Lipinski definition) is 3. The molecule has 0 saturated carbocycles. The Hall–Kier alpha value is -3.08. The molecular formula is C20H20N2O3. The van der Waals surface area contributed by atoms with Gasteiger partial charge in [0.1, 0.15) is 5.75 Å². The van der Waals surface area contributed by atoms with E-state index in [2.05, 4.69) is 5.32 Å². The molecule has 128 valence electrons. The lowest BCUT2D eigenvalue weighted by Crippen LogP contribution is -2.19. The minimum absolute atomic E-state index is 0.0749. The Morgan fingerprint density at radius 3 is 2.28 bits per heavy atom. The number of phenolic OH excluding ortho intramolecular Hbond substituents is 1. The fourth-order valence-electron chi connectivity index (χ4n) is 2.56. The van der Waals surface area contributed by atoms with E-state index in [0.29, 0.717) is 16.8 Å². The molecule has 3 aromatic rings. The number of ketones is 1. The molecule has 0 aliphatic heterocycles. The van der Waals surface area contributed by atoms with Crippen LogP contribution < -0.4 is 5.32 Å².